The first-order chi connectivity index (χ1) is 14.5. The predicted molar refractivity (Wildman–Crippen MR) is 109 cm³/mol. The van der Waals surface area contributed by atoms with Crippen molar-refractivity contribution in [1.29, 1.82) is 0 Å². The smallest absolute Gasteiger partial charge is 0.248 e. The van der Waals surface area contributed by atoms with E-state index in [4.69, 9.17) is 9.47 Å². The van der Waals surface area contributed by atoms with Gasteiger partial charge in [-0.15, -0.1) is 0 Å². The molecule has 3 aliphatic heterocycles. The summed E-state index contributed by atoms with van der Waals surface area (Å²) >= 11 is 0. The van der Waals surface area contributed by atoms with Crippen LogP contribution < -0.4 is 9.47 Å². The van der Waals surface area contributed by atoms with Gasteiger partial charge in [-0.05, 0) is 36.2 Å². The summed E-state index contributed by atoms with van der Waals surface area (Å²) in [5, 5.41) is 1.09. The summed E-state index contributed by atoms with van der Waals surface area (Å²) in [6.45, 7) is 2.14. The first kappa shape index (κ1) is 17.4. The molecule has 3 aromatic rings. The number of fused-ring (bicyclic) bond motifs is 5. The molecule has 0 unspecified atom stereocenters. The standard InChI is InChI=1S/C23H21N3O4/c1-23-10-15-14-5-3-4-6-16(14)24-20(15)21(26(23)19(27)11-25(2)22(23)28)13-7-8-17-18(9-13)30-12-29-17/h3-9,21,24H,10-12H2,1-2H3/t21-,23-/m1/s1. The lowest BCUT2D eigenvalue weighted by atomic mass is 9.78. The van der Waals surface area contributed by atoms with Gasteiger partial charge in [0.2, 0.25) is 18.6 Å². The maximum Gasteiger partial charge on any atom is 0.248 e. The Balaban J connectivity index is 1.63. The quantitative estimate of drug-likeness (QED) is 0.678. The number of H-pyrrole nitrogens is 1. The first-order valence-corrected chi connectivity index (χ1v) is 10.0. The number of carbonyl (C=O) groups excluding carboxylic acids is 2. The molecule has 1 N–H and O–H groups in total. The van der Waals surface area contributed by atoms with Crippen LogP contribution in [0.3, 0.4) is 0 Å². The zero-order valence-electron chi connectivity index (χ0n) is 16.8. The highest BCUT2D eigenvalue weighted by Gasteiger charge is 2.55. The number of rotatable bonds is 1. The van der Waals surface area contributed by atoms with Gasteiger partial charge in [-0.1, -0.05) is 24.3 Å². The third-order valence-electron chi connectivity index (χ3n) is 6.59. The second kappa shape index (κ2) is 5.78. The number of hydrogen-bond acceptors (Lipinski definition) is 4. The topological polar surface area (TPSA) is 74.9 Å². The number of nitrogens with zero attached hydrogens (tertiary/aromatic N) is 2. The van der Waals surface area contributed by atoms with Crippen LogP contribution in [-0.4, -0.2) is 52.5 Å². The van der Waals surface area contributed by atoms with Crippen LogP contribution in [0, 0.1) is 0 Å². The van der Waals surface area contributed by atoms with E-state index >= 15 is 0 Å². The number of piperazine rings is 1. The van der Waals surface area contributed by atoms with Crippen LogP contribution in [0.1, 0.15) is 29.8 Å². The second-order valence-corrected chi connectivity index (χ2v) is 8.45. The Morgan fingerprint density at radius 3 is 2.77 bits per heavy atom. The summed E-state index contributed by atoms with van der Waals surface area (Å²) in [4.78, 5) is 33.5. The number of ether oxygens (including phenoxy) is 2. The SMILES string of the molecule is CN1CC(=O)N2[C@H](c3ccc4c(c3)OCO4)c3[nH]c4ccccc4c3C[C@]2(C)C1=O. The summed E-state index contributed by atoms with van der Waals surface area (Å²) in [7, 11) is 1.70. The second-order valence-electron chi connectivity index (χ2n) is 8.45. The fourth-order valence-electron chi connectivity index (χ4n) is 5.25. The van der Waals surface area contributed by atoms with Crippen LogP contribution in [0.15, 0.2) is 42.5 Å². The number of nitrogens with one attached hydrogen (secondary N) is 1. The van der Waals surface area contributed by atoms with Crippen molar-refractivity contribution in [2.45, 2.75) is 24.9 Å². The minimum Gasteiger partial charge on any atom is -0.454 e. The predicted octanol–water partition coefficient (Wildman–Crippen LogP) is 2.60. The van der Waals surface area contributed by atoms with Crippen molar-refractivity contribution >= 4 is 22.7 Å². The Morgan fingerprint density at radius 2 is 1.90 bits per heavy atom. The number of aromatic amines is 1. The molecule has 2 aromatic carbocycles. The number of hydrogen-bond donors (Lipinski definition) is 1. The summed E-state index contributed by atoms with van der Waals surface area (Å²) in [6, 6.07) is 13.4. The van der Waals surface area contributed by atoms with E-state index in [1.165, 1.54) is 4.90 Å². The van der Waals surface area contributed by atoms with Crippen LogP contribution in [0.4, 0.5) is 0 Å². The molecule has 1 fully saturated rings. The highest BCUT2D eigenvalue weighted by Crippen LogP contribution is 2.48. The van der Waals surface area contributed by atoms with E-state index in [0.717, 1.165) is 27.7 Å². The van der Waals surface area contributed by atoms with Gasteiger partial charge in [-0.2, -0.15) is 0 Å². The molecule has 0 spiro atoms. The largest absolute Gasteiger partial charge is 0.454 e. The van der Waals surface area contributed by atoms with Gasteiger partial charge >= 0.3 is 0 Å². The van der Waals surface area contributed by atoms with Gasteiger partial charge in [0, 0.05) is 30.1 Å². The van der Waals surface area contributed by atoms with E-state index in [9.17, 15) is 9.59 Å². The summed E-state index contributed by atoms with van der Waals surface area (Å²) < 4.78 is 11.1. The highest BCUT2D eigenvalue weighted by atomic mass is 16.7. The lowest BCUT2D eigenvalue weighted by molar-refractivity contribution is -0.166. The fourth-order valence-corrected chi connectivity index (χ4v) is 5.25. The molecule has 0 radical (unpaired) electrons. The van der Waals surface area contributed by atoms with Crippen molar-refractivity contribution in [1.82, 2.24) is 14.8 Å². The molecule has 7 nitrogen and oxygen atoms in total. The normalized spacial score (nSPS) is 24.9. The van der Waals surface area contributed by atoms with Gasteiger partial charge in [-0.3, -0.25) is 9.59 Å². The number of likely N-dealkylation sites (N-methyl/N-ethyl adjacent to an activating group) is 1. The van der Waals surface area contributed by atoms with Crippen molar-refractivity contribution in [3.63, 3.8) is 0 Å². The van der Waals surface area contributed by atoms with Crippen LogP contribution in [0.25, 0.3) is 10.9 Å². The average Bonchev–Trinajstić information content (AvgIpc) is 3.34. The van der Waals surface area contributed by atoms with E-state index < -0.39 is 11.6 Å². The molecule has 0 bridgehead atoms. The highest BCUT2D eigenvalue weighted by molar-refractivity contribution is 6.00. The van der Waals surface area contributed by atoms with Crippen molar-refractivity contribution in [3.05, 3.63) is 59.3 Å². The van der Waals surface area contributed by atoms with E-state index in [2.05, 4.69) is 11.1 Å². The van der Waals surface area contributed by atoms with Gasteiger partial charge in [0.1, 0.15) is 5.54 Å². The van der Waals surface area contributed by atoms with Crippen LogP contribution in [0.2, 0.25) is 0 Å². The van der Waals surface area contributed by atoms with Crippen molar-refractivity contribution in [2.75, 3.05) is 20.4 Å². The molecule has 0 saturated carbocycles. The van der Waals surface area contributed by atoms with Crippen molar-refractivity contribution in [3.8, 4) is 11.5 Å². The van der Waals surface area contributed by atoms with Crippen LogP contribution in [0.5, 0.6) is 11.5 Å². The van der Waals surface area contributed by atoms with E-state index in [0.29, 0.717) is 17.9 Å². The van der Waals surface area contributed by atoms with E-state index in [1.807, 2.05) is 43.3 Å². The van der Waals surface area contributed by atoms with E-state index in [1.54, 1.807) is 11.9 Å². The molecule has 6 rings (SSSR count). The summed E-state index contributed by atoms with van der Waals surface area (Å²) in [5.41, 5.74) is 2.98. The zero-order valence-corrected chi connectivity index (χ0v) is 16.8. The monoisotopic (exact) mass is 403 g/mol. The molecule has 152 valence electrons. The Hall–Kier alpha value is -3.48. The number of amides is 2. The lowest BCUT2D eigenvalue weighted by Gasteiger charge is -2.52. The molecule has 2 amide bonds. The molecule has 2 atom stereocenters. The van der Waals surface area contributed by atoms with Gasteiger partial charge in [-0.25, -0.2) is 0 Å². The van der Waals surface area contributed by atoms with E-state index in [-0.39, 0.29) is 25.2 Å². The molecular formula is C23H21N3O4. The van der Waals surface area contributed by atoms with Crippen molar-refractivity contribution in [2.24, 2.45) is 0 Å². The lowest BCUT2D eigenvalue weighted by Crippen LogP contribution is -2.69. The molecule has 30 heavy (non-hydrogen) atoms. The Kier molecular flexibility index (Phi) is 3.35. The van der Waals surface area contributed by atoms with Gasteiger partial charge in [0.25, 0.3) is 0 Å². The molecule has 7 heteroatoms. The summed E-state index contributed by atoms with van der Waals surface area (Å²) in [5.74, 6) is 1.25. The molecule has 1 aromatic heterocycles. The molecular weight excluding hydrogens is 382 g/mol. The number of aromatic nitrogens is 1. The third kappa shape index (κ3) is 2.15. The molecule has 0 aliphatic carbocycles. The fraction of sp³-hybridized carbons (Fsp3) is 0.304. The Morgan fingerprint density at radius 1 is 1.10 bits per heavy atom. The first-order valence-electron chi connectivity index (χ1n) is 10.0. The number of carbonyl (C=O) groups is 2. The maximum absolute atomic E-state index is 13.3. The van der Waals surface area contributed by atoms with Crippen LogP contribution in [-0.2, 0) is 16.0 Å². The Labute approximate surface area is 173 Å². The molecule has 1 saturated heterocycles. The van der Waals surface area contributed by atoms with Gasteiger partial charge in [0.15, 0.2) is 11.5 Å². The minimum absolute atomic E-state index is 0.0382. The number of benzene rings is 2. The van der Waals surface area contributed by atoms with Gasteiger partial charge in [0.05, 0.1) is 12.6 Å². The summed E-state index contributed by atoms with van der Waals surface area (Å²) in [6.07, 6.45) is 0.475. The average molecular weight is 403 g/mol. The zero-order chi connectivity index (χ0) is 20.6. The third-order valence-corrected chi connectivity index (χ3v) is 6.59. The molecule has 4 heterocycles. The number of para-hydroxylation sites is 1. The maximum atomic E-state index is 13.3. The van der Waals surface area contributed by atoms with Crippen LogP contribution >= 0.6 is 0 Å². The Bertz CT molecular complexity index is 1230. The minimum atomic E-state index is -0.955. The van der Waals surface area contributed by atoms with Gasteiger partial charge < -0.3 is 24.3 Å². The van der Waals surface area contributed by atoms with Crippen molar-refractivity contribution < 1.29 is 19.1 Å². The molecule has 3 aliphatic rings.